The van der Waals surface area contributed by atoms with Gasteiger partial charge >= 0.3 is 0 Å². The van der Waals surface area contributed by atoms with Gasteiger partial charge in [0.25, 0.3) is 5.91 Å². The number of rotatable bonds is 4. The van der Waals surface area contributed by atoms with Crippen molar-refractivity contribution < 1.29 is 31.5 Å². The van der Waals surface area contributed by atoms with Crippen LogP contribution in [0, 0.1) is 36.2 Å². The van der Waals surface area contributed by atoms with Crippen molar-refractivity contribution in [1.29, 1.82) is 0 Å². The van der Waals surface area contributed by atoms with Crippen LogP contribution in [0.1, 0.15) is 48.5 Å². The third-order valence-electron chi connectivity index (χ3n) is 7.05. The summed E-state index contributed by atoms with van der Waals surface area (Å²) in [5.41, 5.74) is -0.680. The average Bonchev–Trinajstić information content (AvgIpc) is 2.88. The Hall–Kier alpha value is -2.39. The number of fused-ring (bicyclic) bond motifs is 2. The molecule has 0 aliphatic heterocycles. The molecular formula is C23H24F3NO4S. The Morgan fingerprint density at radius 1 is 1.06 bits per heavy atom. The molecule has 2 aliphatic carbocycles. The van der Waals surface area contributed by atoms with E-state index in [1.165, 1.54) is 18.2 Å². The van der Waals surface area contributed by atoms with Crippen LogP contribution in [-0.2, 0) is 9.84 Å². The Bertz CT molecular complexity index is 1160. The van der Waals surface area contributed by atoms with Crippen LogP contribution in [-0.4, -0.2) is 30.3 Å². The van der Waals surface area contributed by atoms with E-state index in [4.69, 9.17) is 0 Å². The first-order valence-corrected chi connectivity index (χ1v) is 12.0. The maximum Gasteiger partial charge on any atom is 0.255 e. The summed E-state index contributed by atoms with van der Waals surface area (Å²) in [6.07, 6.45) is 2.29. The highest BCUT2D eigenvalue weighted by molar-refractivity contribution is 7.92. The summed E-state index contributed by atoms with van der Waals surface area (Å²) < 4.78 is 66.9. The van der Waals surface area contributed by atoms with E-state index in [9.17, 15) is 31.5 Å². The van der Waals surface area contributed by atoms with Gasteiger partial charge < -0.3 is 10.4 Å². The quantitative estimate of drug-likeness (QED) is 0.654. The molecule has 0 saturated heterocycles. The predicted molar refractivity (Wildman–Crippen MR) is 112 cm³/mol. The van der Waals surface area contributed by atoms with E-state index in [0.29, 0.717) is 30.5 Å². The second kappa shape index (κ2) is 7.88. The molecule has 9 heteroatoms. The third kappa shape index (κ3) is 3.81. The Balaban J connectivity index is 1.61. The number of carbonyl (C=O) groups is 1. The van der Waals surface area contributed by atoms with E-state index in [0.717, 1.165) is 12.8 Å². The molecule has 0 spiro atoms. The number of sulfone groups is 1. The fourth-order valence-corrected chi connectivity index (χ4v) is 7.21. The van der Waals surface area contributed by atoms with E-state index in [1.54, 1.807) is 13.8 Å². The molecule has 2 aromatic carbocycles. The van der Waals surface area contributed by atoms with Gasteiger partial charge in [-0.25, -0.2) is 21.6 Å². The molecular weight excluding hydrogens is 443 g/mol. The van der Waals surface area contributed by atoms with Gasteiger partial charge in [0.2, 0.25) is 0 Å². The van der Waals surface area contributed by atoms with Crippen LogP contribution in [0.25, 0.3) is 0 Å². The van der Waals surface area contributed by atoms with Crippen LogP contribution in [0.15, 0.2) is 35.2 Å². The zero-order valence-electron chi connectivity index (χ0n) is 17.7. The molecule has 2 fully saturated rings. The molecule has 4 rings (SSSR count). The lowest BCUT2D eigenvalue weighted by Gasteiger charge is -2.40. The lowest BCUT2D eigenvalue weighted by molar-refractivity contribution is -0.0413. The van der Waals surface area contributed by atoms with Gasteiger partial charge in [-0.05, 0) is 69.1 Å². The molecule has 5 nitrogen and oxygen atoms in total. The zero-order valence-corrected chi connectivity index (χ0v) is 18.5. The minimum absolute atomic E-state index is 0.00917. The van der Waals surface area contributed by atoms with Gasteiger partial charge in [0.05, 0.1) is 15.7 Å². The molecule has 0 aromatic heterocycles. The second-order valence-corrected chi connectivity index (χ2v) is 11.2. The molecule has 1 amide bonds. The highest BCUT2D eigenvalue weighted by Crippen LogP contribution is 2.51. The molecule has 2 aromatic rings. The summed E-state index contributed by atoms with van der Waals surface area (Å²) in [5, 5.41) is 12.3. The number of carbonyl (C=O) groups excluding carboxylic acids is 1. The summed E-state index contributed by atoms with van der Waals surface area (Å²) in [5.74, 6) is -5.50. The maximum atomic E-state index is 13.4. The van der Waals surface area contributed by atoms with Gasteiger partial charge in [0, 0.05) is 23.4 Å². The van der Waals surface area contributed by atoms with E-state index in [2.05, 4.69) is 5.32 Å². The Morgan fingerprint density at radius 2 is 1.62 bits per heavy atom. The van der Waals surface area contributed by atoms with Gasteiger partial charge in [0.15, 0.2) is 27.3 Å². The van der Waals surface area contributed by atoms with Crippen molar-refractivity contribution in [2.45, 2.75) is 55.3 Å². The molecule has 32 heavy (non-hydrogen) atoms. The smallest absolute Gasteiger partial charge is 0.255 e. The molecule has 2 atom stereocenters. The van der Waals surface area contributed by atoms with Crippen LogP contribution in [0.2, 0.25) is 0 Å². The molecule has 0 heterocycles. The van der Waals surface area contributed by atoms with Gasteiger partial charge in [-0.15, -0.1) is 0 Å². The molecule has 2 N–H and O–H groups in total. The minimum atomic E-state index is -3.78. The third-order valence-corrected chi connectivity index (χ3v) is 9.36. The number of halogens is 3. The van der Waals surface area contributed by atoms with Crippen LogP contribution < -0.4 is 5.32 Å². The van der Waals surface area contributed by atoms with Crippen molar-refractivity contribution in [2.24, 2.45) is 11.8 Å². The van der Waals surface area contributed by atoms with Crippen LogP contribution in [0.5, 0.6) is 0 Å². The van der Waals surface area contributed by atoms with Crippen molar-refractivity contribution in [3.8, 4) is 0 Å². The van der Waals surface area contributed by atoms with Crippen LogP contribution in [0.4, 0.5) is 18.9 Å². The Labute approximate surface area is 184 Å². The van der Waals surface area contributed by atoms with Crippen molar-refractivity contribution in [1.82, 2.24) is 0 Å². The van der Waals surface area contributed by atoms with E-state index < -0.39 is 44.0 Å². The first kappa shape index (κ1) is 22.8. The molecule has 172 valence electrons. The Kier molecular flexibility index (Phi) is 5.61. The van der Waals surface area contributed by atoms with Gasteiger partial charge in [0.1, 0.15) is 0 Å². The van der Waals surface area contributed by atoms with Crippen molar-refractivity contribution >= 4 is 21.4 Å². The Morgan fingerprint density at radius 3 is 2.19 bits per heavy atom. The monoisotopic (exact) mass is 467 g/mol. The standard InChI is InChI=1S/C23H24F3NO4S/c1-12-3-4-13(22(28)27-16-10-18(24)21(26)19(25)11-16)7-20(12)32(30,31)17-8-14-5-6-15(9-17)23(14,2)29/h3-4,7,10-11,14-15,17,29H,5-6,8-9H2,1-2H3,(H,27,28)/t14?,15?,17-,23-. The number of hydrogen-bond donors (Lipinski definition) is 2. The number of amides is 1. The van der Waals surface area contributed by atoms with Crippen molar-refractivity contribution in [3.05, 3.63) is 58.9 Å². The fraction of sp³-hybridized carbons (Fsp3) is 0.435. The number of hydrogen-bond acceptors (Lipinski definition) is 4. The minimum Gasteiger partial charge on any atom is -0.390 e. The van der Waals surface area contributed by atoms with Gasteiger partial charge in [-0.1, -0.05) is 6.07 Å². The van der Waals surface area contributed by atoms with Gasteiger partial charge in [-0.3, -0.25) is 4.79 Å². The largest absolute Gasteiger partial charge is 0.390 e. The summed E-state index contributed by atoms with van der Waals surface area (Å²) >= 11 is 0. The highest BCUT2D eigenvalue weighted by Gasteiger charge is 2.53. The van der Waals surface area contributed by atoms with Gasteiger partial charge in [-0.2, -0.15) is 0 Å². The summed E-state index contributed by atoms with van der Waals surface area (Å²) in [7, 11) is -3.78. The summed E-state index contributed by atoms with van der Waals surface area (Å²) in [4.78, 5) is 12.6. The normalized spacial score (nSPS) is 27.4. The summed E-state index contributed by atoms with van der Waals surface area (Å²) in [6.45, 7) is 3.41. The number of benzene rings is 2. The molecule has 0 radical (unpaired) electrons. The number of aliphatic hydroxyl groups is 1. The SMILES string of the molecule is Cc1ccc(C(=O)Nc2cc(F)c(F)c(F)c2)cc1S(=O)(=O)[C@H]1CC2CCC(C1)[C@@]2(C)O. The topological polar surface area (TPSA) is 83.5 Å². The van der Waals surface area contributed by atoms with Crippen molar-refractivity contribution in [3.63, 3.8) is 0 Å². The molecule has 2 unspecified atom stereocenters. The summed E-state index contributed by atoms with van der Waals surface area (Å²) in [6, 6.07) is 5.46. The predicted octanol–water partition coefficient (Wildman–Crippen LogP) is 4.38. The fourth-order valence-electron chi connectivity index (χ4n) is 5.08. The first-order valence-electron chi connectivity index (χ1n) is 10.4. The number of aryl methyl sites for hydroxylation is 1. The lowest BCUT2D eigenvalue weighted by atomic mass is 9.76. The number of anilines is 1. The molecule has 2 saturated carbocycles. The first-order chi connectivity index (χ1) is 14.9. The number of nitrogens with one attached hydrogen (secondary N) is 1. The molecule has 2 bridgehead atoms. The second-order valence-electron chi connectivity index (χ2n) is 9.02. The zero-order chi connectivity index (χ0) is 23.4. The molecule has 2 aliphatic rings. The highest BCUT2D eigenvalue weighted by atomic mass is 32.2. The maximum absolute atomic E-state index is 13.4. The lowest BCUT2D eigenvalue weighted by Crippen LogP contribution is -2.45. The van der Waals surface area contributed by atoms with E-state index in [1.807, 2.05) is 0 Å². The van der Waals surface area contributed by atoms with E-state index in [-0.39, 0.29) is 28.0 Å². The van der Waals surface area contributed by atoms with Crippen LogP contribution in [0.3, 0.4) is 0 Å². The van der Waals surface area contributed by atoms with E-state index >= 15 is 0 Å². The average molecular weight is 468 g/mol. The van der Waals surface area contributed by atoms with Crippen LogP contribution >= 0.6 is 0 Å². The van der Waals surface area contributed by atoms with Crippen molar-refractivity contribution in [2.75, 3.05) is 5.32 Å².